The summed E-state index contributed by atoms with van der Waals surface area (Å²) in [4.78, 5) is 45.4. The lowest BCUT2D eigenvalue weighted by molar-refractivity contribution is -0.128. The third kappa shape index (κ3) is 9.38. The van der Waals surface area contributed by atoms with E-state index in [0.29, 0.717) is 25.8 Å². The van der Waals surface area contributed by atoms with E-state index >= 15 is 0 Å². The van der Waals surface area contributed by atoms with Crippen LogP contribution in [-0.4, -0.2) is 43.4 Å². The van der Waals surface area contributed by atoms with Gasteiger partial charge < -0.3 is 15.4 Å². The van der Waals surface area contributed by atoms with Gasteiger partial charge in [-0.1, -0.05) is 0 Å². The molecule has 0 aromatic rings. The maximum Gasteiger partial charge on any atom is 0.221 e. The van der Waals surface area contributed by atoms with Crippen LogP contribution < -0.4 is 10.6 Å². The zero-order valence-electron chi connectivity index (χ0n) is 12.5. The summed E-state index contributed by atoms with van der Waals surface area (Å²) in [5, 5.41) is 5.36. The summed E-state index contributed by atoms with van der Waals surface area (Å²) < 4.78 is 0. The molecule has 1 unspecified atom stereocenters. The van der Waals surface area contributed by atoms with Gasteiger partial charge in [-0.15, -0.1) is 0 Å². The van der Waals surface area contributed by atoms with Gasteiger partial charge in [0, 0.05) is 31.7 Å². The van der Waals surface area contributed by atoms with Gasteiger partial charge in [-0.2, -0.15) is 0 Å². The van der Waals surface area contributed by atoms with Crippen molar-refractivity contribution in [3.8, 4) is 0 Å². The van der Waals surface area contributed by atoms with E-state index in [-0.39, 0.29) is 36.2 Å². The molecule has 0 aromatic carbocycles. The van der Waals surface area contributed by atoms with Crippen LogP contribution in [0.15, 0.2) is 0 Å². The lowest BCUT2D eigenvalue weighted by Gasteiger charge is -2.12. The molecule has 0 saturated carbocycles. The largest absolute Gasteiger partial charge is 0.349 e. The molecule has 0 aliphatic rings. The van der Waals surface area contributed by atoms with Crippen LogP contribution in [-0.2, 0) is 19.2 Å². The second kappa shape index (κ2) is 10.3. The van der Waals surface area contributed by atoms with Crippen molar-refractivity contribution in [1.29, 1.82) is 0 Å². The number of amides is 1. The van der Waals surface area contributed by atoms with Crippen molar-refractivity contribution in [3.05, 3.63) is 0 Å². The Kier molecular flexibility index (Phi) is 9.45. The van der Waals surface area contributed by atoms with Gasteiger partial charge in [0.25, 0.3) is 0 Å². The summed E-state index contributed by atoms with van der Waals surface area (Å²) in [7, 11) is 1.74. The Hall–Kier alpha value is -1.56. The molecule has 6 heteroatoms. The molecule has 2 N–H and O–H groups in total. The zero-order chi connectivity index (χ0) is 15.5. The number of rotatable bonds is 11. The van der Waals surface area contributed by atoms with E-state index in [9.17, 15) is 19.2 Å². The number of hydrogen-bond acceptors (Lipinski definition) is 5. The van der Waals surface area contributed by atoms with Crippen LogP contribution in [0.25, 0.3) is 0 Å². The van der Waals surface area contributed by atoms with Gasteiger partial charge in [-0.3, -0.25) is 14.4 Å². The highest BCUT2D eigenvalue weighted by atomic mass is 16.2. The molecule has 0 fully saturated rings. The SMILES string of the molecule is CNCCC(=O)NCC(=O)CC(CCC(C)=O)C(C)=O. The van der Waals surface area contributed by atoms with Crippen molar-refractivity contribution in [1.82, 2.24) is 10.6 Å². The zero-order valence-corrected chi connectivity index (χ0v) is 12.5. The summed E-state index contributed by atoms with van der Waals surface area (Å²) in [5.74, 6) is -0.909. The second-order valence-corrected chi connectivity index (χ2v) is 4.92. The standard InChI is InChI=1S/C14H24N2O4/c1-10(17)4-5-12(11(2)18)8-13(19)9-16-14(20)6-7-15-3/h12,15H,4-9H2,1-3H3,(H,16,20). The minimum atomic E-state index is -0.430. The summed E-state index contributed by atoms with van der Waals surface area (Å²) in [6.45, 7) is 3.37. The predicted octanol–water partition coefficient (Wildman–Crippen LogP) is 0.246. The Balaban J connectivity index is 4.10. The van der Waals surface area contributed by atoms with Crippen molar-refractivity contribution < 1.29 is 19.2 Å². The maximum absolute atomic E-state index is 11.7. The van der Waals surface area contributed by atoms with Crippen molar-refractivity contribution in [3.63, 3.8) is 0 Å². The summed E-state index contributed by atoms with van der Waals surface area (Å²) in [6, 6.07) is 0. The highest BCUT2D eigenvalue weighted by molar-refractivity contribution is 5.90. The van der Waals surface area contributed by atoms with Crippen molar-refractivity contribution >= 4 is 23.3 Å². The van der Waals surface area contributed by atoms with Crippen molar-refractivity contribution in [2.75, 3.05) is 20.1 Å². The molecule has 0 aliphatic carbocycles. The van der Waals surface area contributed by atoms with Gasteiger partial charge in [0.15, 0.2) is 5.78 Å². The van der Waals surface area contributed by atoms with Gasteiger partial charge in [-0.25, -0.2) is 0 Å². The molecule has 6 nitrogen and oxygen atoms in total. The van der Waals surface area contributed by atoms with Gasteiger partial charge in [0.05, 0.1) is 6.54 Å². The van der Waals surface area contributed by atoms with Crippen LogP contribution >= 0.6 is 0 Å². The first kappa shape index (κ1) is 18.4. The molecule has 0 radical (unpaired) electrons. The van der Waals surface area contributed by atoms with Crippen LogP contribution in [0.3, 0.4) is 0 Å². The monoisotopic (exact) mass is 284 g/mol. The molecule has 0 bridgehead atoms. The van der Waals surface area contributed by atoms with Crippen LogP contribution in [0.5, 0.6) is 0 Å². The fraction of sp³-hybridized carbons (Fsp3) is 0.714. The van der Waals surface area contributed by atoms with Crippen LogP contribution in [0, 0.1) is 5.92 Å². The number of Topliss-reactive ketones (excluding diaryl/α,β-unsaturated/α-hetero) is 3. The Morgan fingerprint density at radius 3 is 2.20 bits per heavy atom. The first-order valence-corrected chi connectivity index (χ1v) is 6.79. The van der Waals surface area contributed by atoms with E-state index in [1.165, 1.54) is 13.8 Å². The van der Waals surface area contributed by atoms with Crippen LogP contribution in [0.1, 0.15) is 39.5 Å². The van der Waals surface area contributed by atoms with Gasteiger partial charge in [0.1, 0.15) is 11.6 Å². The topological polar surface area (TPSA) is 92.3 Å². The molecular weight excluding hydrogens is 260 g/mol. The lowest BCUT2D eigenvalue weighted by atomic mass is 9.92. The molecule has 0 spiro atoms. The number of hydrogen-bond donors (Lipinski definition) is 2. The Labute approximate surface area is 119 Å². The molecule has 0 aromatic heterocycles. The fourth-order valence-corrected chi connectivity index (χ4v) is 1.70. The van der Waals surface area contributed by atoms with Gasteiger partial charge >= 0.3 is 0 Å². The van der Waals surface area contributed by atoms with Crippen molar-refractivity contribution in [2.45, 2.75) is 39.5 Å². The van der Waals surface area contributed by atoms with Gasteiger partial charge in [-0.05, 0) is 27.3 Å². The number of nitrogens with one attached hydrogen (secondary N) is 2. The summed E-state index contributed by atoms with van der Waals surface area (Å²) in [5.41, 5.74) is 0. The molecule has 1 atom stereocenters. The van der Waals surface area contributed by atoms with E-state index in [2.05, 4.69) is 10.6 Å². The van der Waals surface area contributed by atoms with Crippen LogP contribution in [0.2, 0.25) is 0 Å². The molecule has 20 heavy (non-hydrogen) atoms. The van der Waals surface area contributed by atoms with E-state index in [0.717, 1.165) is 0 Å². The number of carbonyl (C=O) groups excluding carboxylic acids is 4. The predicted molar refractivity (Wildman–Crippen MR) is 75.3 cm³/mol. The first-order valence-electron chi connectivity index (χ1n) is 6.79. The molecule has 114 valence electrons. The minimum absolute atomic E-state index is 0.00377. The Morgan fingerprint density at radius 2 is 1.70 bits per heavy atom. The average Bonchev–Trinajstić information content (AvgIpc) is 2.38. The first-order chi connectivity index (χ1) is 9.36. The third-order valence-corrected chi connectivity index (χ3v) is 2.98. The minimum Gasteiger partial charge on any atom is -0.349 e. The molecule has 0 saturated heterocycles. The molecule has 0 aliphatic heterocycles. The van der Waals surface area contributed by atoms with E-state index in [1.54, 1.807) is 7.05 Å². The lowest BCUT2D eigenvalue weighted by Crippen LogP contribution is -2.32. The third-order valence-electron chi connectivity index (χ3n) is 2.98. The normalized spacial score (nSPS) is 11.8. The maximum atomic E-state index is 11.7. The Morgan fingerprint density at radius 1 is 1.05 bits per heavy atom. The number of carbonyl (C=O) groups is 4. The summed E-state index contributed by atoms with van der Waals surface area (Å²) in [6.07, 6.45) is 1.08. The molecular formula is C14H24N2O4. The quantitative estimate of drug-likeness (QED) is 0.567. The fourth-order valence-electron chi connectivity index (χ4n) is 1.70. The van der Waals surface area contributed by atoms with Gasteiger partial charge in [0.2, 0.25) is 5.91 Å². The second-order valence-electron chi connectivity index (χ2n) is 4.92. The van der Waals surface area contributed by atoms with E-state index in [4.69, 9.17) is 0 Å². The molecule has 0 rings (SSSR count). The highest BCUT2D eigenvalue weighted by Gasteiger charge is 2.19. The molecule has 1 amide bonds. The van der Waals surface area contributed by atoms with E-state index < -0.39 is 5.92 Å². The number of ketones is 3. The Bertz CT molecular complexity index is 366. The average molecular weight is 284 g/mol. The van der Waals surface area contributed by atoms with Crippen molar-refractivity contribution in [2.24, 2.45) is 5.92 Å². The summed E-state index contributed by atoms with van der Waals surface area (Å²) >= 11 is 0. The highest BCUT2D eigenvalue weighted by Crippen LogP contribution is 2.13. The van der Waals surface area contributed by atoms with Crippen LogP contribution in [0.4, 0.5) is 0 Å². The van der Waals surface area contributed by atoms with E-state index in [1.807, 2.05) is 0 Å². The molecule has 0 heterocycles. The smallest absolute Gasteiger partial charge is 0.221 e.